The van der Waals surface area contributed by atoms with Crippen LogP contribution < -0.4 is 4.74 Å². The molecule has 1 nitrogen and oxygen atoms in total. The maximum absolute atomic E-state index is 5.34. The molecule has 2 aliphatic rings. The predicted molar refractivity (Wildman–Crippen MR) is 68.5 cm³/mol. The van der Waals surface area contributed by atoms with E-state index in [0.717, 1.165) is 5.75 Å². The Hall–Kier alpha value is -1.76. The van der Waals surface area contributed by atoms with Gasteiger partial charge in [-0.05, 0) is 25.0 Å². The summed E-state index contributed by atoms with van der Waals surface area (Å²) < 4.78 is 5.34. The van der Waals surface area contributed by atoms with Crippen LogP contribution in [0.5, 0.6) is 5.75 Å². The zero-order chi connectivity index (χ0) is 11.1. The number of benzene rings is 1. The lowest BCUT2D eigenvalue weighted by Gasteiger charge is -2.10. The monoisotopic (exact) mass is 212 g/mol. The van der Waals surface area contributed by atoms with Crippen LogP contribution in [0.3, 0.4) is 0 Å². The molecule has 0 amide bonds. The number of rotatable bonds is 0. The third-order valence-electron chi connectivity index (χ3n) is 2.43. The van der Waals surface area contributed by atoms with Gasteiger partial charge < -0.3 is 4.74 Å². The Morgan fingerprint density at radius 3 is 2.25 bits per heavy atom. The summed E-state index contributed by atoms with van der Waals surface area (Å²) in [4.78, 5) is 0. The van der Waals surface area contributed by atoms with Gasteiger partial charge in [-0.1, -0.05) is 48.6 Å². The van der Waals surface area contributed by atoms with Crippen molar-refractivity contribution < 1.29 is 4.74 Å². The highest BCUT2D eigenvalue weighted by molar-refractivity contribution is 5.58. The van der Waals surface area contributed by atoms with Crippen LogP contribution in [0, 0.1) is 0 Å². The second-order valence-electron chi connectivity index (χ2n) is 3.68. The zero-order valence-electron chi connectivity index (χ0n) is 9.30. The molecule has 0 fully saturated rings. The van der Waals surface area contributed by atoms with E-state index in [2.05, 4.69) is 30.4 Å². The van der Waals surface area contributed by atoms with Gasteiger partial charge in [-0.15, -0.1) is 0 Å². The number of fused-ring (bicyclic) bond motifs is 1. The molecular weight excluding hydrogens is 196 g/mol. The Kier molecular flexibility index (Phi) is 4.00. The first-order chi connectivity index (χ1) is 7.97. The normalized spacial score (nSPS) is 15.8. The Bertz CT molecular complexity index is 401. The molecule has 0 saturated carbocycles. The van der Waals surface area contributed by atoms with Crippen LogP contribution in [0.2, 0.25) is 0 Å². The molecule has 1 aromatic rings. The molecule has 1 heteroatoms. The molecule has 0 atom stereocenters. The molecule has 16 heavy (non-hydrogen) atoms. The van der Waals surface area contributed by atoms with Gasteiger partial charge >= 0.3 is 0 Å². The van der Waals surface area contributed by atoms with Gasteiger partial charge in [0.15, 0.2) is 0 Å². The lowest BCUT2D eigenvalue weighted by molar-refractivity contribution is 0.358. The fourth-order valence-electron chi connectivity index (χ4n) is 1.60. The Balaban J connectivity index is 0.000000138. The smallest absolute Gasteiger partial charge is 0.126 e. The average molecular weight is 212 g/mol. The van der Waals surface area contributed by atoms with Crippen LogP contribution in [0.25, 0.3) is 6.08 Å². The van der Waals surface area contributed by atoms with Gasteiger partial charge in [0, 0.05) is 5.56 Å². The molecule has 82 valence electrons. The summed E-state index contributed by atoms with van der Waals surface area (Å²) in [5, 5.41) is 0. The molecule has 0 radical (unpaired) electrons. The standard InChI is InChI=1S/C9H8O.C6H8/c1-2-6-9-8(4-1)5-3-7-10-9;1-2-4-6-5-3-1/h1-6H,7H2;1-4H,5-6H2. The number of hydrogen-bond acceptors (Lipinski definition) is 1. The van der Waals surface area contributed by atoms with E-state index in [1.165, 1.54) is 18.4 Å². The third kappa shape index (κ3) is 3.13. The van der Waals surface area contributed by atoms with Crippen molar-refractivity contribution in [1.82, 2.24) is 0 Å². The molecule has 0 bridgehead atoms. The number of allylic oxidation sites excluding steroid dienone is 4. The molecule has 1 aliphatic heterocycles. The number of para-hydroxylation sites is 1. The van der Waals surface area contributed by atoms with Crippen molar-refractivity contribution in [1.29, 1.82) is 0 Å². The Morgan fingerprint density at radius 1 is 0.875 bits per heavy atom. The van der Waals surface area contributed by atoms with E-state index in [1.54, 1.807) is 0 Å². The van der Waals surface area contributed by atoms with Crippen LogP contribution in [0.4, 0.5) is 0 Å². The third-order valence-corrected chi connectivity index (χ3v) is 2.43. The maximum Gasteiger partial charge on any atom is 0.126 e. The Morgan fingerprint density at radius 2 is 1.62 bits per heavy atom. The van der Waals surface area contributed by atoms with Crippen LogP contribution in [-0.2, 0) is 0 Å². The highest BCUT2D eigenvalue weighted by atomic mass is 16.5. The van der Waals surface area contributed by atoms with Crippen LogP contribution in [0.1, 0.15) is 18.4 Å². The van der Waals surface area contributed by atoms with Gasteiger partial charge in [0.1, 0.15) is 12.4 Å². The van der Waals surface area contributed by atoms with Gasteiger partial charge in [0.25, 0.3) is 0 Å². The maximum atomic E-state index is 5.34. The van der Waals surface area contributed by atoms with Crippen molar-refractivity contribution in [3.05, 3.63) is 60.2 Å². The van der Waals surface area contributed by atoms with Crippen molar-refractivity contribution in [3.8, 4) is 5.75 Å². The largest absolute Gasteiger partial charge is 0.489 e. The first-order valence-electron chi connectivity index (χ1n) is 5.67. The van der Waals surface area contributed by atoms with E-state index >= 15 is 0 Å². The van der Waals surface area contributed by atoms with Crippen molar-refractivity contribution in [2.75, 3.05) is 6.61 Å². The van der Waals surface area contributed by atoms with Gasteiger partial charge in [-0.2, -0.15) is 0 Å². The summed E-state index contributed by atoms with van der Waals surface area (Å²) in [5.41, 5.74) is 1.17. The summed E-state index contributed by atoms with van der Waals surface area (Å²) in [6.45, 7) is 0.705. The van der Waals surface area contributed by atoms with Crippen molar-refractivity contribution in [2.24, 2.45) is 0 Å². The highest BCUT2D eigenvalue weighted by Crippen LogP contribution is 2.21. The fourth-order valence-corrected chi connectivity index (χ4v) is 1.60. The van der Waals surface area contributed by atoms with Gasteiger partial charge in [-0.3, -0.25) is 0 Å². The Labute approximate surface area is 96.8 Å². The second-order valence-corrected chi connectivity index (χ2v) is 3.68. The SMILES string of the molecule is C1=CCCC=C1.C1=Cc2ccccc2OC1. The van der Waals surface area contributed by atoms with Gasteiger partial charge in [-0.25, -0.2) is 0 Å². The van der Waals surface area contributed by atoms with Crippen molar-refractivity contribution in [3.63, 3.8) is 0 Å². The average Bonchev–Trinajstić information content (AvgIpc) is 2.42. The molecule has 0 saturated heterocycles. The van der Waals surface area contributed by atoms with Crippen LogP contribution in [0.15, 0.2) is 54.6 Å². The molecule has 0 spiro atoms. The van der Waals surface area contributed by atoms with Gasteiger partial charge in [0.2, 0.25) is 0 Å². The minimum absolute atomic E-state index is 0.705. The van der Waals surface area contributed by atoms with Gasteiger partial charge in [0.05, 0.1) is 0 Å². The minimum atomic E-state index is 0.705. The van der Waals surface area contributed by atoms with E-state index in [1.807, 2.05) is 30.3 Å². The second kappa shape index (κ2) is 5.96. The fraction of sp³-hybridized carbons (Fsp3) is 0.200. The summed E-state index contributed by atoms with van der Waals surface area (Å²) in [5.74, 6) is 0.991. The van der Waals surface area contributed by atoms with Crippen molar-refractivity contribution in [2.45, 2.75) is 12.8 Å². The molecule has 0 unspecified atom stereocenters. The molecule has 0 N–H and O–H groups in total. The minimum Gasteiger partial charge on any atom is -0.489 e. The topological polar surface area (TPSA) is 9.23 Å². The lowest BCUT2D eigenvalue weighted by atomic mass is 10.1. The number of ether oxygens (including phenoxy) is 1. The molecule has 1 heterocycles. The van der Waals surface area contributed by atoms with Crippen molar-refractivity contribution >= 4 is 6.08 Å². The zero-order valence-corrected chi connectivity index (χ0v) is 9.30. The first-order valence-corrected chi connectivity index (χ1v) is 5.67. The highest BCUT2D eigenvalue weighted by Gasteiger charge is 2.01. The molecule has 3 rings (SSSR count). The number of hydrogen-bond donors (Lipinski definition) is 0. The van der Waals surface area contributed by atoms with E-state index in [-0.39, 0.29) is 0 Å². The quantitative estimate of drug-likeness (QED) is 0.632. The van der Waals surface area contributed by atoms with E-state index in [0.29, 0.717) is 6.61 Å². The van der Waals surface area contributed by atoms with E-state index in [9.17, 15) is 0 Å². The van der Waals surface area contributed by atoms with E-state index in [4.69, 9.17) is 4.74 Å². The van der Waals surface area contributed by atoms with Crippen LogP contribution in [-0.4, -0.2) is 6.61 Å². The molecule has 1 aromatic carbocycles. The summed E-state index contributed by atoms with van der Waals surface area (Å²) in [7, 11) is 0. The lowest BCUT2D eigenvalue weighted by Crippen LogP contribution is -1.98. The summed E-state index contributed by atoms with van der Waals surface area (Å²) in [6, 6.07) is 8.03. The first kappa shape index (κ1) is 10.7. The molecule has 1 aliphatic carbocycles. The summed E-state index contributed by atoms with van der Waals surface area (Å²) in [6.07, 6.45) is 15.1. The van der Waals surface area contributed by atoms with Crippen LogP contribution >= 0.6 is 0 Å². The summed E-state index contributed by atoms with van der Waals surface area (Å²) >= 11 is 0. The predicted octanol–water partition coefficient (Wildman–Crippen LogP) is 3.98. The van der Waals surface area contributed by atoms with E-state index < -0.39 is 0 Å². The molecule has 0 aromatic heterocycles. The molecular formula is C15H16O.